The summed E-state index contributed by atoms with van der Waals surface area (Å²) in [6.45, 7) is 0.480. The van der Waals surface area contributed by atoms with Crippen LogP contribution in [0.5, 0.6) is 0 Å². The lowest BCUT2D eigenvalue weighted by Crippen LogP contribution is -2.36. The summed E-state index contributed by atoms with van der Waals surface area (Å²) in [6.07, 6.45) is 0. The van der Waals surface area contributed by atoms with Crippen molar-refractivity contribution in [1.29, 1.82) is 0 Å². The zero-order chi connectivity index (χ0) is 15.0. The van der Waals surface area contributed by atoms with Gasteiger partial charge in [0.2, 0.25) is 0 Å². The van der Waals surface area contributed by atoms with E-state index in [1.807, 2.05) is 12.1 Å². The second kappa shape index (κ2) is 5.66. The van der Waals surface area contributed by atoms with Gasteiger partial charge in [-0.15, -0.1) is 0 Å². The predicted octanol–water partition coefficient (Wildman–Crippen LogP) is 4.12. The third kappa shape index (κ3) is 2.63. The number of nitrogens with two attached hydrogens (primary N) is 1. The maximum Gasteiger partial charge on any atom is 0.196 e. The molecule has 1 aliphatic heterocycles. The SMILES string of the molecule is NC1=NCC(c2ccc(Cl)c(Br)c2)N1c1ccccc1F. The Bertz CT molecular complexity index is 720. The van der Waals surface area contributed by atoms with E-state index in [-0.39, 0.29) is 11.9 Å². The van der Waals surface area contributed by atoms with Crippen molar-refractivity contribution in [2.24, 2.45) is 10.7 Å². The highest BCUT2D eigenvalue weighted by Crippen LogP contribution is 2.35. The van der Waals surface area contributed by atoms with Crippen LogP contribution in [0.4, 0.5) is 10.1 Å². The van der Waals surface area contributed by atoms with Crippen LogP contribution in [0.15, 0.2) is 51.9 Å². The zero-order valence-electron chi connectivity index (χ0n) is 10.9. The second-order valence-electron chi connectivity index (χ2n) is 4.71. The van der Waals surface area contributed by atoms with Gasteiger partial charge in [-0.05, 0) is 45.8 Å². The molecule has 1 heterocycles. The van der Waals surface area contributed by atoms with Crippen molar-refractivity contribution in [2.75, 3.05) is 11.4 Å². The minimum atomic E-state index is -0.324. The van der Waals surface area contributed by atoms with Gasteiger partial charge in [-0.1, -0.05) is 29.8 Å². The summed E-state index contributed by atoms with van der Waals surface area (Å²) in [5.74, 6) is -0.00764. The predicted molar refractivity (Wildman–Crippen MR) is 87.3 cm³/mol. The fraction of sp³-hybridized carbons (Fsp3) is 0.133. The Morgan fingerprint density at radius 3 is 2.76 bits per heavy atom. The van der Waals surface area contributed by atoms with E-state index in [0.29, 0.717) is 23.2 Å². The van der Waals surface area contributed by atoms with Crippen LogP contribution in [0.25, 0.3) is 0 Å². The molecule has 1 atom stereocenters. The molecule has 6 heteroatoms. The van der Waals surface area contributed by atoms with E-state index >= 15 is 0 Å². The maximum atomic E-state index is 14.1. The van der Waals surface area contributed by atoms with Crippen LogP contribution in [-0.4, -0.2) is 12.5 Å². The first-order chi connectivity index (χ1) is 10.1. The fourth-order valence-electron chi connectivity index (χ4n) is 2.41. The Balaban J connectivity index is 2.03. The summed E-state index contributed by atoms with van der Waals surface area (Å²) in [5, 5.41) is 0.628. The number of aliphatic imine (C=N–C) groups is 1. The van der Waals surface area contributed by atoms with Gasteiger partial charge in [0.25, 0.3) is 0 Å². The molecule has 21 heavy (non-hydrogen) atoms. The standard InChI is InChI=1S/C15H12BrClFN3/c16-10-7-9(5-6-11(10)17)14-8-20-15(19)21(14)13-4-2-1-3-12(13)18/h1-7,14H,8H2,(H2,19,20). The van der Waals surface area contributed by atoms with Crippen molar-refractivity contribution in [3.05, 3.63) is 63.3 Å². The van der Waals surface area contributed by atoms with Crippen LogP contribution in [0.1, 0.15) is 11.6 Å². The van der Waals surface area contributed by atoms with Gasteiger partial charge >= 0.3 is 0 Å². The number of anilines is 1. The summed E-state index contributed by atoms with van der Waals surface area (Å²) in [5.41, 5.74) is 7.34. The Labute approximate surface area is 135 Å². The minimum Gasteiger partial charge on any atom is -0.369 e. The van der Waals surface area contributed by atoms with E-state index in [1.54, 1.807) is 29.2 Å². The summed E-state index contributed by atoms with van der Waals surface area (Å²) in [4.78, 5) is 5.96. The molecule has 1 unspecified atom stereocenters. The zero-order valence-corrected chi connectivity index (χ0v) is 13.3. The van der Waals surface area contributed by atoms with Crippen molar-refractivity contribution in [2.45, 2.75) is 6.04 Å². The number of benzene rings is 2. The number of nitrogens with zero attached hydrogens (tertiary/aromatic N) is 2. The first-order valence-electron chi connectivity index (χ1n) is 6.36. The molecule has 108 valence electrons. The van der Waals surface area contributed by atoms with Crippen molar-refractivity contribution in [1.82, 2.24) is 0 Å². The lowest BCUT2D eigenvalue weighted by molar-refractivity contribution is 0.619. The summed E-state index contributed by atoms with van der Waals surface area (Å²) >= 11 is 9.43. The summed E-state index contributed by atoms with van der Waals surface area (Å²) in [6, 6.07) is 12.0. The molecule has 0 aliphatic carbocycles. The van der Waals surface area contributed by atoms with Gasteiger partial charge in [0.15, 0.2) is 5.96 Å². The molecule has 2 N–H and O–H groups in total. The summed E-state index contributed by atoms with van der Waals surface area (Å²) < 4.78 is 14.9. The quantitative estimate of drug-likeness (QED) is 0.866. The average molecular weight is 369 g/mol. The summed E-state index contributed by atoms with van der Waals surface area (Å²) in [7, 11) is 0. The average Bonchev–Trinajstić information content (AvgIpc) is 2.84. The molecule has 0 radical (unpaired) electrons. The Morgan fingerprint density at radius 2 is 2.05 bits per heavy atom. The minimum absolute atomic E-state index is 0.143. The van der Waals surface area contributed by atoms with Crippen molar-refractivity contribution >= 4 is 39.2 Å². The lowest BCUT2D eigenvalue weighted by Gasteiger charge is -2.27. The number of halogens is 3. The van der Waals surface area contributed by atoms with Gasteiger partial charge in [0, 0.05) is 4.47 Å². The highest BCUT2D eigenvalue weighted by Gasteiger charge is 2.30. The van der Waals surface area contributed by atoms with Gasteiger partial charge in [-0.2, -0.15) is 0 Å². The van der Waals surface area contributed by atoms with Crippen molar-refractivity contribution < 1.29 is 4.39 Å². The van der Waals surface area contributed by atoms with Crippen molar-refractivity contribution in [3.8, 4) is 0 Å². The van der Waals surface area contributed by atoms with Crippen LogP contribution in [0.2, 0.25) is 5.02 Å². The molecule has 0 aromatic heterocycles. The molecule has 0 spiro atoms. The van der Waals surface area contributed by atoms with Gasteiger partial charge < -0.3 is 10.6 Å². The number of hydrogen-bond donors (Lipinski definition) is 1. The molecule has 3 nitrogen and oxygen atoms in total. The van der Waals surface area contributed by atoms with Crippen LogP contribution < -0.4 is 10.6 Å². The Morgan fingerprint density at radius 1 is 1.29 bits per heavy atom. The molecule has 0 saturated carbocycles. The Hall–Kier alpha value is -1.59. The molecule has 0 amide bonds. The number of rotatable bonds is 2. The van der Waals surface area contributed by atoms with E-state index in [0.717, 1.165) is 10.0 Å². The third-order valence-electron chi connectivity index (χ3n) is 3.43. The fourth-order valence-corrected chi connectivity index (χ4v) is 2.92. The highest BCUT2D eigenvalue weighted by molar-refractivity contribution is 9.10. The van der Waals surface area contributed by atoms with Gasteiger partial charge in [0.05, 0.1) is 23.3 Å². The third-order valence-corrected chi connectivity index (χ3v) is 4.64. The molecule has 2 aromatic carbocycles. The molecule has 0 bridgehead atoms. The first kappa shape index (κ1) is 14.4. The van der Waals surface area contributed by atoms with Crippen LogP contribution >= 0.6 is 27.5 Å². The lowest BCUT2D eigenvalue weighted by atomic mass is 10.1. The van der Waals surface area contributed by atoms with Gasteiger partial charge in [-0.3, -0.25) is 4.99 Å². The molecule has 0 fully saturated rings. The molecular formula is C15H12BrClFN3. The topological polar surface area (TPSA) is 41.6 Å². The van der Waals surface area contributed by atoms with Crippen LogP contribution in [0.3, 0.4) is 0 Å². The molecular weight excluding hydrogens is 357 g/mol. The number of hydrogen-bond acceptors (Lipinski definition) is 3. The molecule has 0 saturated heterocycles. The normalized spacial score (nSPS) is 18.0. The second-order valence-corrected chi connectivity index (χ2v) is 5.97. The van der Waals surface area contributed by atoms with Gasteiger partial charge in [0.1, 0.15) is 5.82 Å². The molecule has 2 aromatic rings. The molecule has 1 aliphatic rings. The highest BCUT2D eigenvalue weighted by atomic mass is 79.9. The monoisotopic (exact) mass is 367 g/mol. The maximum absolute atomic E-state index is 14.1. The largest absolute Gasteiger partial charge is 0.369 e. The van der Waals surface area contributed by atoms with E-state index in [4.69, 9.17) is 17.3 Å². The van der Waals surface area contributed by atoms with E-state index < -0.39 is 0 Å². The van der Waals surface area contributed by atoms with Crippen LogP contribution in [-0.2, 0) is 0 Å². The van der Waals surface area contributed by atoms with Gasteiger partial charge in [-0.25, -0.2) is 4.39 Å². The van der Waals surface area contributed by atoms with Crippen molar-refractivity contribution in [3.63, 3.8) is 0 Å². The van der Waals surface area contributed by atoms with Crippen LogP contribution in [0, 0.1) is 5.82 Å². The number of guanidine groups is 1. The van der Waals surface area contributed by atoms with E-state index in [9.17, 15) is 4.39 Å². The number of para-hydroxylation sites is 1. The Kier molecular flexibility index (Phi) is 3.87. The smallest absolute Gasteiger partial charge is 0.196 e. The molecule has 3 rings (SSSR count). The first-order valence-corrected chi connectivity index (χ1v) is 7.53. The van der Waals surface area contributed by atoms with E-state index in [2.05, 4.69) is 20.9 Å². The van der Waals surface area contributed by atoms with E-state index in [1.165, 1.54) is 6.07 Å².